The van der Waals surface area contributed by atoms with Crippen LogP contribution in [-0.2, 0) is 13.1 Å². The quantitative estimate of drug-likeness (QED) is 0.780. The number of hydrogen-bond acceptors (Lipinski definition) is 5. The fourth-order valence-electron chi connectivity index (χ4n) is 1.90. The van der Waals surface area contributed by atoms with E-state index in [4.69, 9.17) is 4.42 Å². The molecule has 0 aliphatic heterocycles. The largest absolute Gasteiger partial charge is 0.419 e. The lowest BCUT2D eigenvalue weighted by molar-refractivity contribution is 0.478. The number of thiophene rings is 1. The maximum atomic E-state index is 5.63. The molecule has 0 saturated carbocycles. The van der Waals surface area contributed by atoms with Gasteiger partial charge in [0.2, 0.25) is 11.8 Å². The van der Waals surface area contributed by atoms with Gasteiger partial charge >= 0.3 is 0 Å². The van der Waals surface area contributed by atoms with Gasteiger partial charge in [0, 0.05) is 21.9 Å². The van der Waals surface area contributed by atoms with Gasteiger partial charge in [-0.3, -0.25) is 0 Å². The molecule has 2 heterocycles. The topological polar surface area (TPSA) is 51.0 Å². The zero-order valence-electron chi connectivity index (χ0n) is 11.2. The van der Waals surface area contributed by atoms with Gasteiger partial charge in [0.15, 0.2) is 0 Å². The van der Waals surface area contributed by atoms with Crippen LogP contribution in [0.3, 0.4) is 0 Å². The molecule has 3 rings (SSSR count). The van der Waals surface area contributed by atoms with E-state index in [0.29, 0.717) is 18.3 Å². The molecule has 0 fully saturated rings. The lowest BCUT2D eigenvalue weighted by atomic mass is 10.2. The highest BCUT2D eigenvalue weighted by Gasteiger charge is 2.07. The molecule has 0 atom stereocenters. The number of aromatic nitrogens is 2. The summed E-state index contributed by atoms with van der Waals surface area (Å²) in [7, 11) is 0. The zero-order chi connectivity index (χ0) is 13.8. The summed E-state index contributed by atoms with van der Waals surface area (Å²) < 4.78 is 5.63. The first-order valence-corrected chi connectivity index (χ1v) is 7.27. The van der Waals surface area contributed by atoms with E-state index in [1.807, 2.05) is 30.3 Å². The Morgan fingerprint density at radius 3 is 2.65 bits per heavy atom. The van der Waals surface area contributed by atoms with Gasteiger partial charge in [0.1, 0.15) is 0 Å². The van der Waals surface area contributed by atoms with Crippen LogP contribution >= 0.6 is 11.3 Å². The van der Waals surface area contributed by atoms with E-state index in [-0.39, 0.29) is 0 Å². The zero-order valence-corrected chi connectivity index (χ0v) is 12.0. The number of benzene rings is 1. The van der Waals surface area contributed by atoms with Gasteiger partial charge in [-0.25, -0.2) is 0 Å². The summed E-state index contributed by atoms with van der Waals surface area (Å²) in [5.74, 6) is 1.17. The van der Waals surface area contributed by atoms with E-state index < -0.39 is 0 Å². The normalized spacial score (nSPS) is 10.8. The smallest absolute Gasteiger partial charge is 0.247 e. The van der Waals surface area contributed by atoms with Crippen LogP contribution in [0.15, 0.2) is 46.9 Å². The maximum Gasteiger partial charge on any atom is 0.247 e. The van der Waals surface area contributed by atoms with Crippen molar-refractivity contribution < 1.29 is 4.42 Å². The van der Waals surface area contributed by atoms with Crippen LogP contribution in [0.25, 0.3) is 11.5 Å². The van der Waals surface area contributed by atoms with Gasteiger partial charge in [0.05, 0.1) is 6.54 Å². The lowest BCUT2D eigenvalue weighted by Crippen LogP contribution is -2.11. The SMILES string of the molecule is Cc1ccc(CNCc2nnc(-c3ccccc3)o2)s1. The molecule has 1 N–H and O–H groups in total. The van der Waals surface area contributed by atoms with Crippen LogP contribution in [0.1, 0.15) is 15.6 Å². The van der Waals surface area contributed by atoms with Crippen molar-refractivity contribution in [1.82, 2.24) is 15.5 Å². The number of hydrogen-bond donors (Lipinski definition) is 1. The molecular formula is C15H15N3OS. The molecule has 0 bridgehead atoms. The fraction of sp³-hybridized carbons (Fsp3) is 0.200. The Hall–Kier alpha value is -1.98. The maximum absolute atomic E-state index is 5.63. The fourth-order valence-corrected chi connectivity index (χ4v) is 2.76. The highest BCUT2D eigenvalue weighted by molar-refractivity contribution is 7.11. The molecule has 1 aromatic carbocycles. The van der Waals surface area contributed by atoms with Crippen LogP contribution in [-0.4, -0.2) is 10.2 Å². The minimum Gasteiger partial charge on any atom is -0.419 e. The van der Waals surface area contributed by atoms with Crippen molar-refractivity contribution >= 4 is 11.3 Å². The third-order valence-electron chi connectivity index (χ3n) is 2.86. The Bertz CT molecular complexity index is 675. The van der Waals surface area contributed by atoms with Gasteiger partial charge in [-0.15, -0.1) is 21.5 Å². The van der Waals surface area contributed by atoms with E-state index in [2.05, 4.69) is 34.6 Å². The van der Waals surface area contributed by atoms with E-state index >= 15 is 0 Å². The first-order valence-electron chi connectivity index (χ1n) is 6.45. The van der Waals surface area contributed by atoms with Gasteiger partial charge in [-0.1, -0.05) is 18.2 Å². The molecule has 0 amide bonds. The third-order valence-corrected chi connectivity index (χ3v) is 3.86. The minimum absolute atomic E-state index is 0.564. The lowest BCUT2D eigenvalue weighted by Gasteiger charge is -1.98. The van der Waals surface area contributed by atoms with Gasteiger partial charge in [0.25, 0.3) is 0 Å². The van der Waals surface area contributed by atoms with Crippen molar-refractivity contribution in [2.45, 2.75) is 20.0 Å². The van der Waals surface area contributed by atoms with Crippen LogP contribution in [0.4, 0.5) is 0 Å². The Balaban J connectivity index is 1.58. The second-order valence-corrected chi connectivity index (χ2v) is 5.86. The van der Waals surface area contributed by atoms with E-state index in [9.17, 15) is 0 Å². The van der Waals surface area contributed by atoms with Crippen molar-refractivity contribution in [3.63, 3.8) is 0 Å². The van der Waals surface area contributed by atoms with Crippen LogP contribution < -0.4 is 5.32 Å². The molecule has 4 nitrogen and oxygen atoms in total. The highest BCUT2D eigenvalue weighted by atomic mass is 32.1. The van der Waals surface area contributed by atoms with Gasteiger partial charge < -0.3 is 9.73 Å². The summed E-state index contributed by atoms with van der Waals surface area (Å²) >= 11 is 1.80. The second kappa shape index (κ2) is 5.98. The Morgan fingerprint density at radius 1 is 1.05 bits per heavy atom. The van der Waals surface area contributed by atoms with Crippen LogP contribution in [0.5, 0.6) is 0 Å². The number of nitrogens with zero attached hydrogens (tertiary/aromatic N) is 2. The predicted molar refractivity (Wildman–Crippen MR) is 79.3 cm³/mol. The van der Waals surface area contributed by atoms with Crippen LogP contribution in [0, 0.1) is 6.92 Å². The monoisotopic (exact) mass is 285 g/mol. The average molecular weight is 285 g/mol. The van der Waals surface area contributed by atoms with E-state index in [0.717, 1.165) is 12.1 Å². The molecule has 5 heteroatoms. The highest BCUT2D eigenvalue weighted by Crippen LogP contribution is 2.17. The van der Waals surface area contributed by atoms with Crippen molar-refractivity contribution in [3.8, 4) is 11.5 Å². The van der Waals surface area contributed by atoms with E-state index in [1.54, 1.807) is 11.3 Å². The summed E-state index contributed by atoms with van der Waals surface area (Å²) in [4.78, 5) is 2.64. The molecule has 0 aliphatic carbocycles. The number of rotatable bonds is 5. The molecule has 0 aliphatic rings. The molecule has 102 valence electrons. The number of aryl methyl sites for hydroxylation is 1. The summed E-state index contributed by atoms with van der Waals surface area (Å²) in [5, 5.41) is 11.4. The molecule has 0 unspecified atom stereocenters. The minimum atomic E-state index is 0.564. The van der Waals surface area contributed by atoms with Crippen LogP contribution in [0.2, 0.25) is 0 Å². The first kappa shape index (κ1) is 13.0. The molecule has 3 aromatic rings. The molecule has 0 radical (unpaired) electrons. The summed E-state index contributed by atoms with van der Waals surface area (Å²) in [5.41, 5.74) is 0.945. The summed E-state index contributed by atoms with van der Waals surface area (Å²) in [6.45, 7) is 3.51. The summed E-state index contributed by atoms with van der Waals surface area (Å²) in [6.07, 6.45) is 0. The van der Waals surface area contributed by atoms with Crippen molar-refractivity contribution in [1.29, 1.82) is 0 Å². The van der Waals surface area contributed by atoms with Crippen molar-refractivity contribution in [2.24, 2.45) is 0 Å². The molecule has 0 spiro atoms. The Morgan fingerprint density at radius 2 is 1.90 bits per heavy atom. The molecule has 2 aromatic heterocycles. The first-order chi connectivity index (χ1) is 9.81. The predicted octanol–water partition coefficient (Wildman–Crippen LogP) is 3.40. The second-order valence-electron chi connectivity index (χ2n) is 4.48. The molecule has 20 heavy (non-hydrogen) atoms. The van der Waals surface area contributed by atoms with Crippen molar-refractivity contribution in [2.75, 3.05) is 0 Å². The molecule has 0 saturated heterocycles. The Labute approximate surface area is 121 Å². The Kier molecular flexibility index (Phi) is 3.90. The average Bonchev–Trinajstić information content (AvgIpc) is 3.09. The van der Waals surface area contributed by atoms with E-state index in [1.165, 1.54) is 9.75 Å². The number of nitrogens with one attached hydrogen (secondary N) is 1. The standard InChI is InChI=1S/C15H15N3OS/c1-11-7-8-13(20-11)9-16-10-14-17-18-15(19-14)12-5-3-2-4-6-12/h2-8,16H,9-10H2,1H3. The van der Waals surface area contributed by atoms with Gasteiger partial charge in [-0.05, 0) is 31.2 Å². The molecular weight excluding hydrogens is 270 g/mol. The van der Waals surface area contributed by atoms with Crippen molar-refractivity contribution in [3.05, 3.63) is 58.1 Å². The van der Waals surface area contributed by atoms with Gasteiger partial charge in [-0.2, -0.15) is 0 Å². The summed E-state index contributed by atoms with van der Waals surface area (Å²) in [6, 6.07) is 14.1. The third kappa shape index (κ3) is 3.12.